The van der Waals surface area contributed by atoms with Crippen LogP contribution in [0.25, 0.3) is 0 Å². The third kappa shape index (κ3) is 3.35. The summed E-state index contributed by atoms with van der Waals surface area (Å²) in [6.45, 7) is 1.93. The number of halogens is 1. The Morgan fingerprint density at radius 1 is 1.21 bits per heavy atom. The molecule has 0 radical (unpaired) electrons. The SMILES string of the molecule is CNc1nc(C)cc(Nc2ccc(Br)c(OC)c2)n1. The highest BCUT2D eigenvalue weighted by Gasteiger charge is 2.04. The van der Waals surface area contributed by atoms with Gasteiger partial charge in [-0.1, -0.05) is 0 Å². The van der Waals surface area contributed by atoms with Crippen LogP contribution in [0.5, 0.6) is 5.75 Å². The van der Waals surface area contributed by atoms with Crippen molar-refractivity contribution in [1.29, 1.82) is 0 Å². The summed E-state index contributed by atoms with van der Waals surface area (Å²) in [4.78, 5) is 8.59. The van der Waals surface area contributed by atoms with Crippen LogP contribution in [0.4, 0.5) is 17.5 Å². The number of methoxy groups -OCH3 is 1. The second kappa shape index (κ2) is 5.88. The predicted octanol–water partition coefficient (Wildman–Crippen LogP) is 3.34. The molecule has 100 valence electrons. The quantitative estimate of drug-likeness (QED) is 0.904. The lowest BCUT2D eigenvalue weighted by molar-refractivity contribution is 0.412. The van der Waals surface area contributed by atoms with E-state index >= 15 is 0 Å². The van der Waals surface area contributed by atoms with Gasteiger partial charge in [-0.2, -0.15) is 4.98 Å². The van der Waals surface area contributed by atoms with Crippen molar-refractivity contribution in [2.75, 3.05) is 24.8 Å². The predicted molar refractivity (Wildman–Crippen MR) is 80.3 cm³/mol. The fourth-order valence-electron chi connectivity index (χ4n) is 1.63. The minimum atomic E-state index is 0.589. The van der Waals surface area contributed by atoms with Gasteiger partial charge in [-0.3, -0.25) is 0 Å². The van der Waals surface area contributed by atoms with Crippen LogP contribution in [0.3, 0.4) is 0 Å². The lowest BCUT2D eigenvalue weighted by atomic mass is 10.3. The van der Waals surface area contributed by atoms with Gasteiger partial charge < -0.3 is 15.4 Å². The first-order valence-electron chi connectivity index (χ1n) is 5.76. The third-order valence-electron chi connectivity index (χ3n) is 2.50. The van der Waals surface area contributed by atoms with E-state index in [1.807, 2.05) is 31.2 Å². The van der Waals surface area contributed by atoms with Crippen molar-refractivity contribution in [3.8, 4) is 5.75 Å². The number of hydrogen-bond acceptors (Lipinski definition) is 5. The lowest BCUT2D eigenvalue weighted by Gasteiger charge is -2.10. The van der Waals surface area contributed by atoms with Gasteiger partial charge in [0, 0.05) is 30.6 Å². The molecule has 0 aliphatic heterocycles. The van der Waals surface area contributed by atoms with Crippen molar-refractivity contribution in [1.82, 2.24) is 9.97 Å². The Morgan fingerprint density at radius 3 is 2.68 bits per heavy atom. The Balaban J connectivity index is 2.28. The van der Waals surface area contributed by atoms with Gasteiger partial charge in [0.2, 0.25) is 5.95 Å². The van der Waals surface area contributed by atoms with E-state index in [9.17, 15) is 0 Å². The number of anilines is 3. The van der Waals surface area contributed by atoms with Crippen molar-refractivity contribution < 1.29 is 4.74 Å². The van der Waals surface area contributed by atoms with Crippen LogP contribution in [0.1, 0.15) is 5.69 Å². The molecule has 19 heavy (non-hydrogen) atoms. The molecule has 1 aromatic heterocycles. The Morgan fingerprint density at radius 2 is 2.00 bits per heavy atom. The van der Waals surface area contributed by atoms with Crippen molar-refractivity contribution in [2.24, 2.45) is 0 Å². The number of rotatable bonds is 4. The number of nitrogens with one attached hydrogen (secondary N) is 2. The van der Waals surface area contributed by atoms with Crippen LogP contribution < -0.4 is 15.4 Å². The monoisotopic (exact) mass is 322 g/mol. The van der Waals surface area contributed by atoms with Crippen LogP contribution in [0, 0.1) is 6.92 Å². The van der Waals surface area contributed by atoms with E-state index < -0.39 is 0 Å². The van der Waals surface area contributed by atoms with Crippen LogP contribution >= 0.6 is 15.9 Å². The first-order chi connectivity index (χ1) is 9.12. The molecule has 2 rings (SSSR count). The molecule has 0 amide bonds. The number of aromatic nitrogens is 2. The van der Waals surface area contributed by atoms with Crippen molar-refractivity contribution in [2.45, 2.75) is 6.92 Å². The van der Waals surface area contributed by atoms with Crippen LogP contribution in [-0.4, -0.2) is 24.1 Å². The van der Waals surface area contributed by atoms with E-state index in [1.165, 1.54) is 0 Å². The fourth-order valence-corrected chi connectivity index (χ4v) is 2.04. The summed E-state index contributed by atoms with van der Waals surface area (Å²) in [6, 6.07) is 7.66. The molecule has 0 fully saturated rings. The number of nitrogens with zero attached hydrogens (tertiary/aromatic N) is 2. The maximum absolute atomic E-state index is 5.26. The van der Waals surface area contributed by atoms with E-state index in [0.717, 1.165) is 27.4 Å². The zero-order valence-corrected chi connectivity index (χ0v) is 12.6. The van der Waals surface area contributed by atoms with Gasteiger partial charge in [-0.25, -0.2) is 4.98 Å². The molecule has 0 unspecified atom stereocenters. The number of hydrogen-bond donors (Lipinski definition) is 2. The summed E-state index contributed by atoms with van der Waals surface area (Å²) in [5.41, 5.74) is 1.80. The molecule has 1 heterocycles. The fraction of sp³-hybridized carbons (Fsp3) is 0.231. The van der Waals surface area contributed by atoms with E-state index in [2.05, 4.69) is 36.5 Å². The Labute approximate surface area is 120 Å². The van der Waals surface area contributed by atoms with Crippen LogP contribution in [0.2, 0.25) is 0 Å². The van der Waals surface area contributed by atoms with Gasteiger partial charge in [0.05, 0.1) is 11.6 Å². The molecule has 5 nitrogen and oxygen atoms in total. The summed E-state index contributed by atoms with van der Waals surface area (Å²) in [5.74, 6) is 2.09. The first-order valence-corrected chi connectivity index (χ1v) is 6.55. The maximum Gasteiger partial charge on any atom is 0.224 e. The second-order valence-corrected chi connectivity index (χ2v) is 4.80. The molecule has 1 aromatic carbocycles. The average molecular weight is 323 g/mol. The summed E-state index contributed by atoms with van der Waals surface area (Å²) in [6.07, 6.45) is 0. The van der Waals surface area contributed by atoms with Gasteiger partial charge in [0.15, 0.2) is 0 Å². The normalized spacial score (nSPS) is 10.1. The van der Waals surface area contributed by atoms with Crippen molar-refractivity contribution in [3.05, 3.63) is 34.4 Å². The molecule has 2 aromatic rings. The van der Waals surface area contributed by atoms with E-state index in [-0.39, 0.29) is 0 Å². The molecule has 0 aliphatic carbocycles. The number of benzene rings is 1. The molecule has 0 bridgehead atoms. The van der Waals surface area contributed by atoms with E-state index in [1.54, 1.807) is 14.2 Å². The molecule has 0 saturated heterocycles. The topological polar surface area (TPSA) is 59.1 Å². The number of aryl methyl sites for hydroxylation is 1. The molecular formula is C13H15BrN4O. The summed E-state index contributed by atoms with van der Waals surface area (Å²) >= 11 is 3.42. The average Bonchev–Trinajstić information content (AvgIpc) is 2.40. The largest absolute Gasteiger partial charge is 0.495 e. The van der Waals surface area contributed by atoms with E-state index in [4.69, 9.17) is 4.74 Å². The van der Waals surface area contributed by atoms with E-state index in [0.29, 0.717) is 5.95 Å². The maximum atomic E-state index is 5.26. The molecule has 2 N–H and O–H groups in total. The summed E-state index contributed by atoms with van der Waals surface area (Å²) in [7, 11) is 3.43. The molecule has 0 saturated carbocycles. The molecule has 0 atom stereocenters. The first kappa shape index (κ1) is 13.6. The minimum Gasteiger partial charge on any atom is -0.495 e. The van der Waals surface area contributed by atoms with Gasteiger partial charge in [0.1, 0.15) is 11.6 Å². The molecule has 0 spiro atoms. The highest BCUT2D eigenvalue weighted by molar-refractivity contribution is 9.10. The van der Waals surface area contributed by atoms with Crippen LogP contribution in [-0.2, 0) is 0 Å². The minimum absolute atomic E-state index is 0.589. The Kier molecular flexibility index (Phi) is 4.21. The lowest BCUT2D eigenvalue weighted by Crippen LogP contribution is -2.02. The third-order valence-corrected chi connectivity index (χ3v) is 3.16. The van der Waals surface area contributed by atoms with Crippen molar-refractivity contribution in [3.63, 3.8) is 0 Å². The highest BCUT2D eigenvalue weighted by atomic mass is 79.9. The van der Waals surface area contributed by atoms with Gasteiger partial charge in [0.25, 0.3) is 0 Å². The standard InChI is InChI=1S/C13H15BrN4O/c1-8-6-12(18-13(15-2)16-8)17-9-4-5-10(14)11(7-9)19-3/h4-7H,1-3H3,(H2,15,16,17,18). The molecule has 6 heteroatoms. The zero-order valence-electron chi connectivity index (χ0n) is 11.0. The highest BCUT2D eigenvalue weighted by Crippen LogP contribution is 2.29. The van der Waals surface area contributed by atoms with Gasteiger partial charge >= 0.3 is 0 Å². The Hall–Kier alpha value is -1.82. The summed E-state index contributed by atoms with van der Waals surface area (Å²) < 4.78 is 6.17. The molecular weight excluding hydrogens is 308 g/mol. The van der Waals surface area contributed by atoms with Crippen LogP contribution in [0.15, 0.2) is 28.7 Å². The van der Waals surface area contributed by atoms with Gasteiger partial charge in [-0.05, 0) is 35.0 Å². The molecule has 0 aliphatic rings. The smallest absolute Gasteiger partial charge is 0.224 e. The van der Waals surface area contributed by atoms with Crippen molar-refractivity contribution >= 4 is 33.4 Å². The van der Waals surface area contributed by atoms with Gasteiger partial charge in [-0.15, -0.1) is 0 Å². The second-order valence-electron chi connectivity index (χ2n) is 3.94. The number of ether oxygens (including phenoxy) is 1. The summed E-state index contributed by atoms with van der Waals surface area (Å²) in [5, 5.41) is 6.16. The zero-order chi connectivity index (χ0) is 13.8. The Bertz CT molecular complexity index is 589.